The number of cyclic esters (lactones) is 1. The molecule has 0 saturated carbocycles. The number of hydrogen-bond donors (Lipinski definition) is 2. The summed E-state index contributed by atoms with van der Waals surface area (Å²) >= 11 is 0. The minimum absolute atomic E-state index is 0.138. The molecule has 0 aromatic carbocycles. The maximum atomic E-state index is 11.4. The molecule has 1 aliphatic heterocycles. The van der Waals surface area contributed by atoms with Crippen LogP contribution in [-0.4, -0.2) is 22.3 Å². The van der Waals surface area contributed by atoms with E-state index >= 15 is 0 Å². The standard InChI is InChI=1S/C17H28O4/c1-3-5-7-9-11-15-17(13(18)10-8-6-4-2)14(19)12-16(20)21-15/h12,15,18-19H,3-11H2,1-2H3/b17-13-. The topological polar surface area (TPSA) is 66.8 Å². The van der Waals surface area contributed by atoms with Gasteiger partial charge in [-0.3, -0.25) is 0 Å². The Bertz CT molecular complexity index is 396. The summed E-state index contributed by atoms with van der Waals surface area (Å²) in [6.45, 7) is 4.24. The molecule has 1 heterocycles. The van der Waals surface area contributed by atoms with Crippen molar-refractivity contribution in [2.75, 3.05) is 0 Å². The summed E-state index contributed by atoms with van der Waals surface area (Å²) in [5.41, 5.74) is 0.405. The maximum Gasteiger partial charge on any atom is 0.335 e. The number of aliphatic hydroxyl groups excluding tert-OH is 2. The van der Waals surface area contributed by atoms with Crippen molar-refractivity contribution in [2.24, 2.45) is 0 Å². The molecule has 0 aromatic heterocycles. The third-order valence-electron chi connectivity index (χ3n) is 3.76. The molecule has 0 fully saturated rings. The van der Waals surface area contributed by atoms with Gasteiger partial charge in [0.15, 0.2) is 0 Å². The molecule has 21 heavy (non-hydrogen) atoms. The van der Waals surface area contributed by atoms with Crippen molar-refractivity contribution in [3.63, 3.8) is 0 Å². The molecule has 1 rings (SSSR count). The van der Waals surface area contributed by atoms with E-state index in [1.165, 1.54) is 0 Å². The van der Waals surface area contributed by atoms with E-state index in [0.717, 1.165) is 51.0 Å². The predicted octanol–water partition coefficient (Wildman–Crippen LogP) is 4.72. The molecule has 0 bridgehead atoms. The van der Waals surface area contributed by atoms with Crippen molar-refractivity contribution in [3.05, 3.63) is 23.2 Å². The van der Waals surface area contributed by atoms with Gasteiger partial charge in [0.05, 0.1) is 11.6 Å². The molecule has 0 amide bonds. The fraction of sp³-hybridized carbons (Fsp3) is 0.706. The fourth-order valence-corrected chi connectivity index (χ4v) is 2.56. The van der Waals surface area contributed by atoms with E-state index in [1.54, 1.807) is 0 Å². The highest BCUT2D eigenvalue weighted by Crippen LogP contribution is 2.29. The van der Waals surface area contributed by atoms with Gasteiger partial charge >= 0.3 is 5.97 Å². The van der Waals surface area contributed by atoms with Gasteiger partial charge in [-0.2, -0.15) is 0 Å². The molecule has 120 valence electrons. The number of esters is 1. The second-order valence-electron chi connectivity index (χ2n) is 5.62. The zero-order valence-electron chi connectivity index (χ0n) is 13.2. The molecule has 2 N–H and O–H groups in total. The van der Waals surface area contributed by atoms with E-state index in [-0.39, 0.29) is 11.5 Å². The number of ether oxygens (including phenoxy) is 1. The SMILES string of the molecule is CCCCCCC1OC(=O)C=C(O)/C1=C(/O)CCCCC. The summed E-state index contributed by atoms with van der Waals surface area (Å²) < 4.78 is 5.28. The first-order valence-corrected chi connectivity index (χ1v) is 8.13. The normalized spacial score (nSPS) is 21.0. The average Bonchev–Trinajstić information content (AvgIpc) is 2.43. The zero-order valence-corrected chi connectivity index (χ0v) is 13.2. The number of rotatable bonds is 9. The quantitative estimate of drug-likeness (QED) is 0.367. The Morgan fingerprint density at radius 3 is 2.48 bits per heavy atom. The molecule has 0 spiro atoms. The van der Waals surface area contributed by atoms with Crippen LogP contribution in [-0.2, 0) is 9.53 Å². The van der Waals surface area contributed by atoms with Crippen molar-refractivity contribution in [1.82, 2.24) is 0 Å². The second-order valence-corrected chi connectivity index (χ2v) is 5.62. The molecule has 4 nitrogen and oxygen atoms in total. The van der Waals surface area contributed by atoms with E-state index in [1.807, 2.05) is 0 Å². The van der Waals surface area contributed by atoms with Crippen LogP contribution in [0.2, 0.25) is 0 Å². The lowest BCUT2D eigenvalue weighted by atomic mass is 9.96. The summed E-state index contributed by atoms with van der Waals surface area (Å²) in [5.74, 6) is -0.510. The van der Waals surface area contributed by atoms with Crippen LogP contribution in [0.3, 0.4) is 0 Å². The minimum Gasteiger partial charge on any atom is -0.512 e. The Labute approximate surface area is 127 Å². The Morgan fingerprint density at radius 2 is 1.81 bits per heavy atom. The number of carbonyl (C=O) groups is 1. The molecule has 4 heteroatoms. The highest BCUT2D eigenvalue weighted by molar-refractivity contribution is 5.85. The molecule has 1 unspecified atom stereocenters. The Kier molecular flexibility index (Phi) is 7.95. The molecular weight excluding hydrogens is 268 g/mol. The van der Waals surface area contributed by atoms with E-state index in [0.29, 0.717) is 18.4 Å². The van der Waals surface area contributed by atoms with Crippen molar-refractivity contribution in [1.29, 1.82) is 0 Å². The van der Waals surface area contributed by atoms with E-state index in [9.17, 15) is 15.0 Å². The second kappa shape index (κ2) is 9.48. The van der Waals surface area contributed by atoms with Crippen LogP contribution in [0.25, 0.3) is 0 Å². The van der Waals surface area contributed by atoms with Gasteiger partial charge in [-0.1, -0.05) is 46.0 Å². The minimum atomic E-state index is -0.530. The Morgan fingerprint density at radius 1 is 1.14 bits per heavy atom. The number of allylic oxidation sites excluding steroid dienone is 1. The summed E-state index contributed by atoms with van der Waals surface area (Å²) in [6.07, 6.45) is 8.95. The maximum absolute atomic E-state index is 11.4. The number of aliphatic hydroxyl groups is 2. The largest absolute Gasteiger partial charge is 0.512 e. The number of unbranched alkanes of at least 4 members (excludes halogenated alkanes) is 5. The van der Waals surface area contributed by atoms with Crippen molar-refractivity contribution in [3.8, 4) is 0 Å². The van der Waals surface area contributed by atoms with Gasteiger partial charge in [-0.05, 0) is 19.3 Å². The van der Waals surface area contributed by atoms with Crippen LogP contribution in [0.4, 0.5) is 0 Å². The highest BCUT2D eigenvalue weighted by Gasteiger charge is 2.29. The average molecular weight is 296 g/mol. The molecule has 1 aliphatic rings. The first-order valence-electron chi connectivity index (χ1n) is 8.13. The van der Waals surface area contributed by atoms with Gasteiger partial charge in [-0.25, -0.2) is 4.79 Å². The molecule has 0 saturated heterocycles. The molecule has 0 aromatic rings. The summed E-state index contributed by atoms with van der Waals surface area (Å²) in [6, 6.07) is 0. The first-order chi connectivity index (χ1) is 10.1. The van der Waals surface area contributed by atoms with Crippen molar-refractivity contribution >= 4 is 5.97 Å². The Hall–Kier alpha value is -1.45. The highest BCUT2D eigenvalue weighted by atomic mass is 16.5. The summed E-state index contributed by atoms with van der Waals surface area (Å²) in [7, 11) is 0. The van der Waals surface area contributed by atoms with Crippen molar-refractivity contribution < 1.29 is 19.7 Å². The van der Waals surface area contributed by atoms with Crippen LogP contribution in [0.15, 0.2) is 23.2 Å². The first kappa shape index (κ1) is 17.6. The van der Waals surface area contributed by atoms with Gasteiger partial charge in [0.1, 0.15) is 17.6 Å². The molecule has 0 radical (unpaired) electrons. The van der Waals surface area contributed by atoms with E-state index < -0.39 is 12.1 Å². The lowest BCUT2D eigenvalue weighted by Gasteiger charge is -2.25. The monoisotopic (exact) mass is 296 g/mol. The van der Waals surface area contributed by atoms with Crippen molar-refractivity contribution in [2.45, 2.75) is 77.7 Å². The summed E-state index contributed by atoms with van der Waals surface area (Å²) in [5, 5.41) is 20.2. The zero-order chi connectivity index (χ0) is 15.7. The molecule has 1 atom stereocenters. The van der Waals surface area contributed by atoms with Crippen LogP contribution < -0.4 is 0 Å². The van der Waals surface area contributed by atoms with Crippen LogP contribution >= 0.6 is 0 Å². The van der Waals surface area contributed by atoms with Gasteiger partial charge in [-0.15, -0.1) is 0 Å². The molecule has 0 aliphatic carbocycles. The van der Waals surface area contributed by atoms with Gasteiger partial charge in [0.2, 0.25) is 0 Å². The number of hydrogen-bond acceptors (Lipinski definition) is 4. The van der Waals surface area contributed by atoms with Gasteiger partial charge < -0.3 is 14.9 Å². The lowest BCUT2D eigenvalue weighted by Crippen LogP contribution is -2.27. The van der Waals surface area contributed by atoms with Crippen LogP contribution in [0.1, 0.15) is 71.6 Å². The number of carbonyl (C=O) groups excluding carboxylic acids is 1. The Balaban J connectivity index is 2.74. The van der Waals surface area contributed by atoms with Gasteiger partial charge in [0, 0.05) is 6.42 Å². The van der Waals surface area contributed by atoms with Crippen LogP contribution in [0, 0.1) is 0 Å². The van der Waals surface area contributed by atoms with Crippen LogP contribution in [0.5, 0.6) is 0 Å². The third kappa shape index (κ3) is 5.82. The predicted molar refractivity (Wildman–Crippen MR) is 83.1 cm³/mol. The smallest absolute Gasteiger partial charge is 0.335 e. The van der Waals surface area contributed by atoms with E-state index in [4.69, 9.17) is 4.74 Å². The molecular formula is C17H28O4. The third-order valence-corrected chi connectivity index (χ3v) is 3.76. The van der Waals surface area contributed by atoms with E-state index in [2.05, 4.69) is 13.8 Å². The van der Waals surface area contributed by atoms with Gasteiger partial charge in [0.25, 0.3) is 0 Å². The fourth-order valence-electron chi connectivity index (χ4n) is 2.56. The lowest BCUT2D eigenvalue weighted by molar-refractivity contribution is -0.143. The summed E-state index contributed by atoms with van der Waals surface area (Å²) in [4.78, 5) is 11.4.